The van der Waals surface area contributed by atoms with E-state index < -0.39 is 0 Å². The van der Waals surface area contributed by atoms with E-state index in [2.05, 4.69) is 50.5 Å². The predicted molar refractivity (Wildman–Crippen MR) is 113 cm³/mol. The van der Waals surface area contributed by atoms with Crippen LogP contribution in [0.2, 0.25) is 0 Å². The number of thioether (sulfide) groups is 6. The van der Waals surface area contributed by atoms with Crippen molar-refractivity contribution < 1.29 is 0 Å². The van der Waals surface area contributed by atoms with E-state index in [9.17, 15) is 0 Å². The first-order chi connectivity index (χ1) is 8.28. The van der Waals surface area contributed by atoms with E-state index in [0.29, 0.717) is 7.83 Å². The van der Waals surface area contributed by atoms with E-state index in [-0.39, 0.29) is 0 Å². The minimum absolute atomic E-state index is 0.542. The highest BCUT2D eigenvalue weighted by atomic mass is 32.3. The van der Waals surface area contributed by atoms with Crippen LogP contribution in [0.1, 0.15) is 0 Å². The Morgan fingerprint density at radius 1 is 0.529 bits per heavy atom. The normalized spacial score (nSPS) is 11.6. The summed E-state index contributed by atoms with van der Waals surface area (Å²) < 4.78 is 1.08. The molecule has 0 rings (SSSR count). The molecule has 0 aliphatic carbocycles. The van der Waals surface area contributed by atoms with Gasteiger partial charge in [0.2, 0.25) is 0 Å². The zero-order chi connectivity index (χ0) is 12.9. The maximum Gasteiger partial charge on any atom is 0.0980 e. The fourth-order valence-corrected chi connectivity index (χ4v) is 12.5. The van der Waals surface area contributed by atoms with Crippen molar-refractivity contribution in [2.45, 2.75) is 7.83 Å². The summed E-state index contributed by atoms with van der Waals surface area (Å²) in [5, 5.41) is 4.55. The first-order valence-electron chi connectivity index (χ1n) is 4.41. The van der Waals surface area contributed by atoms with Gasteiger partial charge in [-0.05, 0) is 0 Å². The summed E-state index contributed by atoms with van der Waals surface area (Å²) in [5.74, 6) is 0. The van der Waals surface area contributed by atoms with Gasteiger partial charge in [-0.3, -0.25) is 0 Å². The van der Waals surface area contributed by atoms with E-state index in [1.807, 2.05) is 70.6 Å². The molecule has 0 saturated carbocycles. The largest absolute Gasteiger partial charge is 0.168 e. The van der Waals surface area contributed by atoms with Gasteiger partial charge < -0.3 is 0 Å². The van der Waals surface area contributed by atoms with Crippen molar-refractivity contribution in [1.82, 2.24) is 0 Å². The topological polar surface area (TPSA) is 0 Å². The molecule has 0 spiro atoms. The molecule has 17 heavy (non-hydrogen) atoms. The lowest BCUT2D eigenvalue weighted by Crippen LogP contribution is -1.95. The van der Waals surface area contributed by atoms with Crippen molar-refractivity contribution in [3.05, 3.63) is 0 Å². The molecule has 0 aliphatic heterocycles. The van der Waals surface area contributed by atoms with Crippen molar-refractivity contribution >= 4 is 121 Å². The molecular weight excluding hydrogens is 405 g/mol. The quantitative estimate of drug-likeness (QED) is 0.243. The second-order valence-electron chi connectivity index (χ2n) is 2.21. The minimum Gasteiger partial charge on any atom is -0.168 e. The molecule has 0 aromatic carbocycles. The molecule has 0 heterocycles. The van der Waals surface area contributed by atoms with Gasteiger partial charge in [0.15, 0.2) is 0 Å². The summed E-state index contributed by atoms with van der Waals surface area (Å²) in [6.07, 6.45) is 0. The second kappa shape index (κ2) is 15.9. The summed E-state index contributed by atoms with van der Waals surface area (Å²) in [6, 6.07) is 0. The molecular formula is C7H16S10. The van der Waals surface area contributed by atoms with Gasteiger partial charge in [-0.25, -0.2) is 0 Å². The SMILES string of the molecule is SCSC(SCS)SCSC(SCS)SCS. The van der Waals surface area contributed by atoms with Crippen molar-refractivity contribution in [2.75, 3.05) is 25.4 Å². The molecule has 0 fully saturated rings. The van der Waals surface area contributed by atoms with E-state index in [1.165, 1.54) is 0 Å². The lowest BCUT2D eigenvalue weighted by Gasteiger charge is -2.16. The van der Waals surface area contributed by atoms with Crippen LogP contribution in [0.4, 0.5) is 0 Å². The average molecular weight is 421 g/mol. The summed E-state index contributed by atoms with van der Waals surface area (Å²) in [4.78, 5) is 0. The van der Waals surface area contributed by atoms with Crippen LogP contribution < -0.4 is 0 Å². The molecule has 0 aliphatic rings. The van der Waals surface area contributed by atoms with Gasteiger partial charge in [0.1, 0.15) is 0 Å². The smallest absolute Gasteiger partial charge is 0.0980 e. The molecule has 0 atom stereocenters. The van der Waals surface area contributed by atoms with Crippen LogP contribution in [0, 0.1) is 0 Å². The van der Waals surface area contributed by atoms with Crippen LogP contribution in [0.3, 0.4) is 0 Å². The third-order valence-electron chi connectivity index (χ3n) is 1.25. The number of rotatable bonds is 12. The van der Waals surface area contributed by atoms with Crippen LogP contribution in [0.15, 0.2) is 0 Å². The highest BCUT2D eigenvalue weighted by Crippen LogP contribution is 2.41. The Balaban J connectivity index is 3.73. The first-order valence-corrected chi connectivity index (χ1v) is 13.2. The number of hydrogen-bond donors (Lipinski definition) is 4. The Morgan fingerprint density at radius 3 is 1.06 bits per heavy atom. The van der Waals surface area contributed by atoms with Crippen LogP contribution in [-0.2, 0) is 0 Å². The molecule has 0 unspecified atom stereocenters. The summed E-state index contributed by atoms with van der Waals surface area (Å²) >= 11 is 28.4. The first kappa shape index (κ1) is 20.5. The van der Waals surface area contributed by atoms with Crippen LogP contribution >= 0.6 is 121 Å². The standard InChI is InChI=1S/C7H16S10/c8-1-12-6(13-2-9)16-5-17-7(14-3-10)15-4-11/h6-11H,1-5H2. The highest BCUT2D eigenvalue weighted by Gasteiger charge is 2.12. The van der Waals surface area contributed by atoms with Gasteiger partial charge in [-0.1, -0.05) is 0 Å². The van der Waals surface area contributed by atoms with Gasteiger partial charge in [0, 0.05) is 25.4 Å². The lowest BCUT2D eigenvalue weighted by atomic mass is 11.8. The average Bonchev–Trinajstić information content (AvgIpc) is 2.30. The van der Waals surface area contributed by atoms with Gasteiger partial charge in [0.25, 0.3) is 0 Å². The molecule has 0 saturated heterocycles. The minimum atomic E-state index is 0.542. The van der Waals surface area contributed by atoms with E-state index >= 15 is 0 Å². The van der Waals surface area contributed by atoms with Gasteiger partial charge >= 0.3 is 0 Å². The Labute approximate surface area is 152 Å². The molecule has 0 nitrogen and oxygen atoms in total. The fourth-order valence-electron chi connectivity index (χ4n) is 0.683. The Hall–Kier alpha value is 3.50. The molecule has 0 amide bonds. The van der Waals surface area contributed by atoms with Crippen LogP contribution in [0.5, 0.6) is 0 Å². The monoisotopic (exact) mass is 420 g/mol. The number of hydrogen-bond acceptors (Lipinski definition) is 10. The van der Waals surface area contributed by atoms with Crippen molar-refractivity contribution in [3.63, 3.8) is 0 Å². The third-order valence-corrected chi connectivity index (χ3v) is 11.3. The molecule has 0 radical (unpaired) electrons. The molecule has 0 N–H and O–H groups in total. The molecule has 0 aromatic heterocycles. The van der Waals surface area contributed by atoms with Crippen molar-refractivity contribution in [1.29, 1.82) is 0 Å². The lowest BCUT2D eigenvalue weighted by molar-refractivity contribution is 1.93. The Morgan fingerprint density at radius 2 is 0.824 bits per heavy atom. The third kappa shape index (κ3) is 12.9. The van der Waals surface area contributed by atoms with E-state index in [4.69, 9.17) is 0 Å². The van der Waals surface area contributed by atoms with Gasteiger partial charge in [0.05, 0.1) is 7.83 Å². The van der Waals surface area contributed by atoms with E-state index in [1.54, 1.807) is 0 Å². The Kier molecular flexibility index (Phi) is 19.2. The van der Waals surface area contributed by atoms with Crippen molar-refractivity contribution in [2.24, 2.45) is 0 Å². The molecule has 0 aromatic rings. The second-order valence-corrected chi connectivity index (χ2v) is 13.9. The highest BCUT2D eigenvalue weighted by molar-refractivity contribution is 8.41. The maximum absolute atomic E-state index is 4.26. The predicted octanol–water partition coefficient (Wildman–Crippen LogP) is 5.46. The van der Waals surface area contributed by atoms with Gasteiger partial charge in [-0.2, -0.15) is 50.5 Å². The molecule has 0 bridgehead atoms. The fraction of sp³-hybridized carbons (Fsp3) is 1.00. The summed E-state index contributed by atoms with van der Waals surface area (Å²) in [6.45, 7) is 0. The molecule has 10 heteroatoms. The zero-order valence-electron chi connectivity index (χ0n) is 8.93. The number of thiol groups is 4. The maximum atomic E-state index is 4.26. The van der Waals surface area contributed by atoms with E-state index in [0.717, 1.165) is 25.4 Å². The van der Waals surface area contributed by atoms with Crippen LogP contribution in [0.25, 0.3) is 0 Å². The summed E-state index contributed by atoms with van der Waals surface area (Å²) in [7, 11) is 0. The van der Waals surface area contributed by atoms with Gasteiger partial charge in [-0.15, -0.1) is 70.6 Å². The van der Waals surface area contributed by atoms with Crippen LogP contribution in [-0.4, -0.2) is 33.3 Å². The molecule has 104 valence electrons. The Bertz CT molecular complexity index is 128. The van der Waals surface area contributed by atoms with Crippen molar-refractivity contribution in [3.8, 4) is 0 Å². The zero-order valence-corrected chi connectivity index (χ0v) is 17.4. The summed E-state index contributed by atoms with van der Waals surface area (Å²) in [5.41, 5.74) is 0.